The van der Waals surface area contributed by atoms with Gasteiger partial charge in [0.15, 0.2) is 10.9 Å². The summed E-state index contributed by atoms with van der Waals surface area (Å²) in [6, 6.07) is 3.33. The number of rotatable bonds is 5. The van der Waals surface area contributed by atoms with E-state index in [1.54, 1.807) is 12.1 Å². The molecule has 1 aliphatic rings. The maximum Gasteiger partial charge on any atom is 0.305 e. The highest BCUT2D eigenvalue weighted by molar-refractivity contribution is 7.98. The van der Waals surface area contributed by atoms with Crippen molar-refractivity contribution in [3.8, 4) is 0 Å². The third-order valence-electron chi connectivity index (χ3n) is 3.19. The van der Waals surface area contributed by atoms with E-state index in [4.69, 9.17) is 9.52 Å². The van der Waals surface area contributed by atoms with E-state index in [9.17, 15) is 9.59 Å². The molecule has 0 unspecified atom stereocenters. The van der Waals surface area contributed by atoms with Gasteiger partial charge in [0, 0.05) is 0 Å². The summed E-state index contributed by atoms with van der Waals surface area (Å²) in [5, 5.41) is 12.3. The average Bonchev–Trinajstić information content (AvgIpc) is 2.73. The van der Waals surface area contributed by atoms with Crippen LogP contribution in [0.5, 0.6) is 0 Å². The lowest BCUT2D eigenvalue weighted by atomic mass is 9.74. The summed E-state index contributed by atoms with van der Waals surface area (Å²) in [7, 11) is 0. The molecule has 2 N–H and O–H groups in total. The molecule has 1 heterocycles. The number of thioether (sulfide) groups is 1. The van der Waals surface area contributed by atoms with Gasteiger partial charge in [-0.1, -0.05) is 11.8 Å². The second-order valence-electron chi connectivity index (χ2n) is 4.48. The van der Waals surface area contributed by atoms with Gasteiger partial charge in [0.05, 0.1) is 12.0 Å². The van der Waals surface area contributed by atoms with Crippen LogP contribution in [-0.4, -0.2) is 28.8 Å². The Kier molecular flexibility index (Phi) is 3.65. The van der Waals surface area contributed by atoms with E-state index in [1.165, 1.54) is 11.8 Å². The van der Waals surface area contributed by atoms with Crippen LogP contribution in [0, 0.1) is 0 Å². The molecule has 0 aromatic carbocycles. The molecular weight excluding hydrogens is 254 g/mol. The fourth-order valence-electron chi connectivity index (χ4n) is 2.09. The Balaban J connectivity index is 2.03. The Morgan fingerprint density at radius 2 is 2.22 bits per heavy atom. The number of amides is 1. The van der Waals surface area contributed by atoms with Crippen molar-refractivity contribution in [2.75, 3.05) is 6.26 Å². The van der Waals surface area contributed by atoms with E-state index >= 15 is 0 Å². The molecule has 98 valence electrons. The predicted molar refractivity (Wildman–Crippen MR) is 66.8 cm³/mol. The fraction of sp³-hybridized carbons (Fsp3) is 0.500. The molecule has 1 saturated carbocycles. The molecule has 2 rings (SSSR count). The molecule has 5 nitrogen and oxygen atoms in total. The largest absolute Gasteiger partial charge is 0.481 e. The van der Waals surface area contributed by atoms with E-state index in [0.29, 0.717) is 17.9 Å². The minimum absolute atomic E-state index is 0.0329. The number of carbonyl (C=O) groups is 2. The van der Waals surface area contributed by atoms with E-state index in [1.807, 2.05) is 6.26 Å². The Morgan fingerprint density at radius 3 is 2.67 bits per heavy atom. The molecule has 6 heteroatoms. The van der Waals surface area contributed by atoms with E-state index in [-0.39, 0.29) is 18.1 Å². The summed E-state index contributed by atoms with van der Waals surface area (Å²) in [5.74, 6) is -0.994. The van der Waals surface area contributed by atoms with E-state index < -0.39 is 11.5 Å². The van der Waals surface area contributed by atoms with Crippen LogP contribution in [-0.2, 0) is 4.79 Å². The minimum Gasteiger partial charge on any atom is -0.481 e. The molecule has 1 amide bonds. The van der Waals surface area contributed by atoms with Crippen molar-refractivity contribution in [3.05, 3.63) is 17.9 Å². The summed E-state index contributed by atoms with van der Waals surface area (Å²) in [5.41, 5.74) is -0.588. The Bertz CT molecular complexity index is 464. The molecule has 1 fully saturated rings. The standard InChI is InChI=1S/C12H15NO4S/c1-18-10-4-3-8(17-10)11(16)13-12(5-2-6-12)7-9(14)15/h3-4H,2,5-7H2,1H3,(H,13,16)(H,14,15). The van der Waals surface area contributed by atoms with Crippen LogP contribution in [0.15, 0.2) is 21.6 Å². The summed E-state index contributed by atoms with van der Waals surface area (Å²) in [4.78, 5) is 22.8. The minimum atomic E-state index is -0.890. The molecule has 0 bridgehead atoms. The number of furan rings is 1. The van der Waals surface area contributed by atoms with Crippen molar-refractivity contribution in [2.45, 2.75) is 36.3 Å². The Hall–Kier alpha value is -1.43. The Morgan fingerprint density at radius 1 is 1.50 bits per heavy atom. The fourth-order valence-corrected chi connectivity index (χ4v) is 2.47. The predicted octanol–water partition coefficient (Wildman–Crippen LogP) is 2.13. The smallest absolute Gasteiger partial charge is 0.305 e. The summed E-state index contributed by atoms with van der Waals surface area (Å²) >= 11 is 1.41. The van der Waals surface area contributed by atoms with Gasteiger partial charge in [-0.25, -0.2) is 0 Å². The third-order valence-corrected chi connectivity index (χ3v) is 3.81. The van der Waals surface area contributed by atoms with Crippen LogP contribution < -0.4 is 5.32 Å². The van der Waals surface area contributed by atoms with Crippen molar-refractivity contribution in [3.63, 3.8) is 0 Å². The average molecular weight is 269 g/mol. The molecular formula is C12H15NO4S. The first-order chi connectivity index (χ1) is 8.54. The first kappa shape index (κ1) is 13.0. The number of hydrogen-bond acceptors (Lipinski definition) is 4. The van der Waals surface area contributed by atoms with Crippen LogP contribution >= 0.6 is 11.8 Å². The Labute approximate surface area is 109 Å². The second-order valence-corrected chi connectivity index (χ2v) is 5.29. The molecule has 0 radical (unpaired) electrons. The lowest BCUT2D eigenvalue weighted by molar-refractivity contribution is -0.139. The first-order valence-corrected chi connectivity index (χ1v) is 6.95. The van der Waals surface area contributed by atoms with Crippen LogP contribution in [0.25, 0.3) is 0 Å². The van der Waals surface area contributed by atoms with Gasteiger partial charge in [0.2, 0.25) is 0 Å². The second kappa shape index (κ2) is 5.06. The van der Waals surface area contributed by atoms with Gasteiger partial charge in [-0.15, -0.1) is 0 Å². The topological polar surface area (TPSA) is 79.5 Å². The zero-order chi connectivity index (χ0) is 13.2. The number of aliphatic carboxylic acids is 1. The molecule has 18 heavy (non-hydrogen) atoms. The van der Waals surface area contributed by atoms with Gasteiger partial charge in [-0.2, -0.15) is 0 Å². The van der Waals surface area contributed by atoms with Crippen LogP contribution in [0.4, 0.5) is 0 Å². The quantitative estimate of drug-likeness (QED) is 0.800. The SMILES string of the molecule is CSc1ccc(C(=O)NC2(CC(=O)O)CCC2)o1. The van der Waals surface area contributed by atoms with Gasteiger partial charge in [0.25, 0.3) is 5.91 Å². The zero-order valence-electron chi connectivity index (χ0n) is 10.1. The monoisotopic (exact) mass is 269 g/mol. The van der Waals surface area contributed by atoms with Crippen molar-refractivity contribution in [1.82, 2.24) is 5.32 Å². The normalized spacial score (nSPS) is 16.9. The van der Waals surface area contributed by atoms with Crippen molar-refractivity contribution >= 4 is 23.6 Å². The van der Waals surface area contributed by atoms with Gasteiger partial charge >= 0.3 is 5.97 Å². The van der Waals surface area contributed by atoms with E-state index in [2.05, 4.69) is 5.32 Å². The maximum absolute atomic E-state index is 12.0. The van der Waals surface area contributed by atoms with Crippen molar-refractivity contribution in [2.24, 2.45) is 0 Å². The molecule has 0 aliphatic heterocycles. The lowest BCUT2D eigenvalue weighted by Gasteiger charge is -2.41. The van der Waals surface area contributed by atoms with Crippen LogP contribution in [0.2, 0.25) is 0 Å². The highest BCUT2D eigenvalue weighted by Crippen LogP contribution is 2.35. The summed E-state index contributed by atoms with van der Waals surface area (Å²) in [6.07, 6.45) is 4.19. The highest BCUT2D eigenvalue weighted by atomic mass is 32.2. The molecule has 1 aromatic heterocycles. The van der Waals surface area contributed by atoms with E-state index in [0.717, 1.165) is 6.42 Å². The van der Waals surface area contributed by atoms with Gasteiger partial charge < -0.3 is 14.8 Å². The van der Waals surface area contributed by atoms with Crippen LogP contribution in [0.1, 0.15) is 36.2 Å². The number of nitrogens with one attached hydrogen (secondary N) is 1. The first-order valence-electron chi connectivity index (χ1n) is 5.73. The van der Waals surface area contributed by atoms with Gasteiger partial charge in [0.1, 0.15) is 0 Å². The number of hydrogen-bond donors (Lipinski definition) is 2. The molecule has 1 aliphatic carbocycles. The van der Waals surface area contributed by atoms with Gasteiger partial charge in [-0.3, -0.25) is 9.59 Å². The highest BCUT2D eigenvalue weighted by Gasteiger charge is 2.40. The van der Waals surface area contributed by atoms with Crippen LogP contribution in [0.3, 0.4) is 0 Å². The maximum atomic E-state index is 12.0. The number of carboxylic acid groups (broad SMARTS) is 1. The summed E-state index contributed by atoms with van der Waals surface area (Å²) in [6.45, 7) is 0. The van der Waals surface area contributed by atoms with Gasteiger partial charge in [-0.05, 0) is 37.7 Å². The molecule has 0 spiro atoms. The van der Waals surface area contributed by atoms with Crippen molar-refractivity contribution in [1.29, 1.82) is 0 Å². The molecule has 1 aromatic rings. The summed E-state index contributed by atoms with van der Waals surface area (Å²) < 4.78 is 5.32. The lowest BCUT2D eigenvalue weighted by Crippen LogP contribution is -2.54. The zero-order valence-corrected chi connectivity index (χ0v) is 10.9. The van der Waals surface area contributed by atoms with Crippen molar-refractivity contribution < 1.29 is 19.1 Å². The number of carbonyl (C=O) groups excluding carboxylic acids is 1. The third kappa shape index (κ3) is 2.69. The molecule has 0 atom stereocenters. The number of carboxylic acids is 1. The molecule has 0 saturated heterocycles.